The Morgan fingerprint density at radius 2 is 1.65 bits per heavy atom. The van der Waals surface area contributed by atoms with Gasteiger partial charge in [0.05, 0.1) is 12.5 Å². The van der Waals surface area contributed by atoms with Gasteiger partial charge in [-0.2, -0.15) is 0 Å². The number of likely N-dealkylation sites (tertiary alicyclic amines) is 1. The Labute approximate surface area is 154 Å². The molecule has 0 spiro atoms. The monoisotopic (exact) mass is 360 g/mol. The summed E-state index contributed by atoms with van der Waals surface area (Å²) in [6, 6.07) is 8.80. The fourth-order valence-electron chi connectivity index (χ4n) is 3.14. The standard InChI is InChI=1S/C20H28N2O4/c1-16(23)21-18(17-10-6-5-7-11-17)14-20(25)26-15-19(24)22-12-8-3-2-4-9-13-22/h5-7,10-11,18H,2-4,8-9,12-15H2,1H3,(H,21,23)/t18-/m0/s1. The number of carbonyl (C=O) groups excluding carboxylic acids is 3. The van der Waals surface area contributed by atoms with Gasteiger partial charge in [-0.3, -0.25) is 14.4 Å². The van der Waals surface area contributed by atoms with Crippen molar-refractivity contribution >= 4 is 17.8 Å². The first-order chi connectivity index (χ1) is 12.6. The van der Waals surface area contributed by atoms with E-state index in [0.29, 0.717) is 0 Å². The number of nitrogens with zero attached hydrogens (tertiary/aromatic N) is 1. The first-order valence-corrected chi connectivity index (χ1v) is 9.31. The van der Waals surface area contributed by atoms with Crippen LogP contribution in [0.3, 0.4) is 0 Å². The predicted molar refractivity (Wildman–Crippen MR) is 98.2 cm³/mol. The summed E-state index contributed by atoms with van der Waals surface area (Å²) >= 11 is 0. The highest BCUT2D eigenvalue weighted by Crippen LogP contribution is 2.17. The maximum atomic E-state index is 12.3. The minimum atomic E-state index is -0.493. The summed E-state index contributed by atoms with van der Waals surface area (Å²) < 4.78 is 5.18. The lowest BCUT2D eigenvalue weighted by Gasteiger charge is -2.24. The van der Waals surface area contributed by atoms with Gasteiger partial charge in [-0.05, 0) is 18.4 Å². The molecule has 0 radical (unpaired) electrons. The molecular weight excluding hydrogens is 332 g/mol. The lowest BCUT2D eigenvalue weighted by molar-refractivity contribution is -0.152. The van der Waals surface area contributed by atoms with Crippen molar-refractivity contribution < 1.29 is 19.1 Å². The second-order valence-electron chi connectivity index (χ2n) is 6.68. The summed E-state index contributed by atoms with van der Waals surface area (Å²) in [6.45, 7) is 2.64. The quantitative estimate of drug-likeness (QED) is 0.791. The maximum Gasteiger partial charge on any atom is 0.308 e. The van der Waals surface area contributed by atoms with Gasteiger partial charge < -0.3 is 15.0 Å². The minimum Gasteiger partial charge on any atom is -0.455 e. The molecule has 6 nitrogen and oxygen atoms in total. The number of hydrogen-bond acceptors (Lipinski definition) is 4. The molecule has 1 atom stereocenters. The second-order valence-corrected chi connectivity index (χ2v) is 6.68. The molecule has 1 N–H and O–H groups in total. The molecule has 0 aliphatic carbocycles. The second kappa shape index (κ2) is 10.6. The van der Waals surface area contributed by atoms with Crippen molar-refractivity contribution in [2.75, 3.05) is 19.7 Å². The molecule has 142 valence electrons. The van der Waals surface area contributed by atoms with E-state index in [1.54, 1.807) is 4.90 Å². The van der Waals surface area contributed by atoms with Crippen molar-refractivity contribution in [1.82, 2.24) is 10.2 Å². The van der Waals surface area contributed by atoms with Gasteiger partial charge >= 0.3 is 5.97 Å². The topological polar surface area (TPSA) is 75.7 Å². The number of esters is 1. The molecule has 2 amide bonds. The van der Waals surface area contributed by atoms with Gasteiger partial charge in [-0.1, -0.05) is 49.6 Å². The zero-order chi connectivity index (χ0) is 18.8. The smallest absolute Gasteiger partial charge is 0.308 e. The van der Waals surface area contributed by atoms with Crippen LogP contribution in [0.25, 0.3) is 0 Å². The van der Waals surface area contributed by atoms with Crippen molar-refractivity contribution in [2.24, 2.45) is 0 Å². The summed E-state index contributed by atoms with van der Waals surface area (Å²) in [7, 11) is 0. The number of rotatable bonds is 6. The highest BCUT2D eigenvalue weighted by atomic mass is 16.5. The van der Waals surface area contributed by atoms with E-state index < -0.39 is 12.0 Å². The van der Waals surface area contributed by atoms with Crippen molar-refractivity contribution in [3.63, 3.8) is 0 Å². The van der Waals surface area contributed by atoms with E-state index in [4.69, 9.17) is 4.74 Å². The SMILES string of the molecule is CC(=O)N[C@@H](CC(=O)OCC(=O)N1CCCCCCC1)c1ccccc1. The number of benzene rings is 1. The van der Waals surface area contributed by atoms with Crippen LogP contribution in [-0.2, 0) is 19.1 Å². The largest absolute Gasteiger partial charge is 0.455 e. The molecule has 1 saturated heterocycles. The van der Waals surface area contributed by atoms with Gasteiger partial charge in [-0.25, -0.2) is 0 Å². The normalized spacial score (nSPS) is 16.1. The lowest BCUT2D eigenvalue weighted by atomic mass is 10.0. The molecular formula is C20H28N2O4. The van der Waals surface area contributed by atoms with Crippen LogP contribution >= 0.6 is 0 Å². The first-order valence-electron chi connectivity index (χ1n) is 9.31. The van der Waals surface area contributed by atoms with Crippen molar-refractivity contribution in [2.45, 2.75) is 51.5 Å². The maximum absolute atomic E-state index is 12.3. The molecule has 1 aromatic rings. The average molecular weight is 360 g/mol. The highest BCUT2D eigenvalue weighted by Gasteiger charge is 2.20. The Morgan fingerprint density at radius 3 is 2.27 bits per heavy atom. The fourth-order valence-corrected chi connectivity index (χ4v) is 3.14. The highest BCUT2D eigenvalue weighted by molar-refractivity contribution is 5.81. The van der Waals surface area contributed by atoms with Crippen LogP contribution in [0.15, 0.2) is 30.3 Å². The van der Waals surface area contributed by atoms with E-state index >= 15 is 0 Å². The summed E-state index contributed by atoms with van der Waals surface area (Å²) in [5, 5.41) is 2.76. The molecule has 0 saturated carbocycles. The molecule has 2 rings (SSSR count). The third-order valence-corrected chi connectivity index (χ3v) is 4.52. The van der Waals surface area contributed by atoms with Crippen LogP contribution in [0, 0.1) is 0 Å². The third-order valence-electron chi connectivity index (χ3n) is 4.52. The summed E-state index contributed by atoms with van der Waals surface area (Å²) in [4.78, 5) is 37.7. The molecule has 1 heterocycles. The average Bonchev–Trinajstić information content (AvgIpc) is 2.59. The number of hydrogen-bond donors (Lipinski definition) is 1. The van der Waals surface area contributed by atoms with Crippen molar-refractivity contribution in [3.05, 3.63) is 35.9 Å². The molecule has 1 aliphatic heterocycles. The molecule has 26 heavy (non-hydrogen) atoms. The van der Waals surface area contributed by atoms with Crippen LogP contribution in [0.1, 0.15) is 57.1 Å². The van der Waals surface area contributed by atoms with Gasteiger partial charge in [0.15, 0.2) is 6.61 Å². The predicted octanol–water partition coefficient (Wildman–Crippen LogP) is 2.59. The summed E-state index contributed by atoms with van der Waals surface area (Å²) in [5.74, 6) is -0.854. The van der Waals surface area contributed by atoms with Gasteiger partial charge in [0.1, 0.15) is 0 Å². The van der Waals surface area contributed by atoms with Crippen LogP contribution in [0.5, 0.6) is 0 Å². The van der Waals surface area contributed by atoms with Crippen molar-refractivity contribution in [1.29, 1.82) is 0 Å². The molecule has 1 fully saturated rings. The van der Waals surface area contributed by atoms with Crippen LogP contribution in [-0.4, -0.2) is 42.4 Å². The molecule has 0 bridgehead atoms. The van der Waals surface area contributed by atoms with Gasteiger partial charge in [0.2, 0.25) is 5.91 Å². The Kier molecular flexibility index (Phi) is 8.12. The number of ether oxygens (including phenoxy) is 1. The van der Waals surface area contributed by atoms with Crippen LogP contribution in [0.4, 0.5) is 0 Å². The minimum absolute atomic E-state index is 0.00310. The zero-order valence-corrected chi connectivity index (χ0v) is 15.4. The van der Waals surface area contributed by atoms with Gasteiger partial charge in [0.25, 0.3) is 5.91 Å². The molecule has 0 unspecified atom stereocenters. The third kappa shape index (κ3) is 6.86. The van der Waals surface area contributed by atoms with E-state index in [1.165, 1.54) is 13.3 Å². The van der Waals surface area contributed by atoms with Crippen LogP contribution < -0.4 is 5.32 Å². The van der Waals surface area contributed by atoms with E-state index in [2.05, 4.69) is 5.32 Å². The van der Waals surface area contributed by atoms with Gasteiger partial charge in [0, 0.05) is 20.0 Å². The Balaban J connectivity index is 1.85. The van der Waals surface area contributed by atoms with E-state index in [0.717, 1.165) is 44.3 Å². The molecule has 1 aliphatic rings. The first kappa shape index (κ1) is 19.9. The molecule has 6 heteroatoms. The number of carbonyl (C=O) groups is 3. The number of amides is 2. The Bertz CT molecular complexity index is 595. The zero-order valence-electron chi connectivity index (χ0n) is 15.4. The van der Waals surface area contributed by atoms with E-state index in [-0.39, 0.29) is 24.8 Å². The fraction of sp³-hybridized carbons (Fsp3) is 0.550. The molecule has 0 aromatic heterocycles. The number of nitrogens with one attached hydrogen (secondary N) is 1. The Hall–Kier alpha value is -2.37. The van der Waals surface area contributed by atoms with Gasteiger partial charge in [-0.15, -0.1) is 0 Å². The van der Waals surface area contributed by atoms with Crippen LogP contribution in [0.2, 0.25) is 0 Å². The summed E-state index contributed by atoms with van der Waals surface area (Å²) in [6.07, 6.45) is 5.49. The lowest BCUT2D eigenvalue weighted by Crippen LogP contribution is -2.37. The molecule has 1 aromatic carbocycles. The summed E-state index contributed by atoms with van der Waals surface area (Å²) in [5.41, 5.74) is 0.828. The van der Waals surface area contributed by atoms with E-state index in [9.17, 15) is 14.4 Å². The van der Waals surface area contributed by atoms with E-state index in [1.807, 2.05) is 30.3 Å². The van der Waals surface area contributed by atoms with Crippen molar-refractivity contribution in [3.8, 4) is 0 Å². The Morgan fingerprint density at radius 1 is 1.04 bits per heavy atom.